The van der Waals surface area contributed by atoms with Gasteiger partial charge in [-0.25, -0.2) is 4.39 Å². The molecule has 1 unspecified atom stereocenters. The molecule has 1 aliphatic rings. The average Bonchev–Trinajstić information content (AvgIpc) is 2.80. The van der Waals surface area contributed by atoms with Crippen LogP contribution in [0, 0.1) is 5.82 Å². The summed E-state index contributed by atoms with van der Waals surface area (Å²) in [4.78, 5) is 28.3. The summed E-state index contributed by atoms with van der Waals surface area (Å²) in [5, 5.41) is 2.87. The van der Waals surface area contributed by atoms with Crippen molar-refractivity contribution >= 4 is 17.5 Å². The van der Waals surface area contributed by atoms with Gasteiger partial charge in [0.25, 0.3) is 11.8 Å². The van der Waals surface area contributed by atoms with Gasteiger partial charge in [0.15, 0.2) is 0 Å². The highest BCUT2D eigenvalue weighted by Crippen LogP contribution is 2.36. The summed E-state index contributed by atoms with van der Waals surface area (Å²) in [6, 6.07) is 11.6. The predicted molar refractivity (Wildman–Crippen MR) is 121 cm³/mol. The molecule has 1 heterocycles. The lowest BCUT2D eigenvalue weighted by molar-refractivity contribution is -0.160. The first-order chi connectivity index (χ1) is 15.4. The van der Waals surface area contributed by atoms with E-state index in [4.69, 9.17) is 9.47 Å². The van der Waals surface area contributed by atoms with E-state index in [1.165, 1.54) is 17.0 Å². The number of methoxy groups -OCH3 is 1. The van der Waals surface area contributed by atoms with E-state index in [1.54, 1.807) is 32.4 Å². The van der Waals surface area contributed by atoms with Crippen LogP contribution >= 0.6 is 0 Å². The Balaban J connectivity index is 1.80. The van der Waals surface area contributed by atoms with Crippen molar-refractivity contribution in [1.82, 2.24) is 5.32 Å². The molecule has 1 atom stereocenters. The number of rotatable bonds is 10. The number of carbonyl (C=O) groups is 2. The van der Waals surface area contributed by atoms with Gasteiger partial charge in [-0.15, -0.1) is 0 Å². The average molecular weight is 443 g/mol. The summed E-state index contributed by atoms with van der Waals surface area (Å²) in [5.74, 6) is -0.504. The molecule has 0 aromatic heterocycles. The molecule has 0 spiro atoms. The maximum absolute atomic E-state index is 13.4. The van der Waals surface area contributed by atoms with Crippen molar-refractivity contribution in [3.63, 3.8) is 0 Å². The lowest BCUT2D eigenvalue weighted by Gasteiger charge is -2.40. The van der Waals surface area contributed by atoms with Gasteiger partial charge >= 0.3 is 0 Å². The van der Waals surface area contributed by atoms with Gasteiger partial charge in [-0.3, -0.25) is 9.59 Å². The van der Waals surface area contributed by atoms with E-state index in [9.17, 15) is 14.0 Å². The molecule has 0 radical (unpaired) electrons. The van der Waals surface area contributed by atoms with Crippen molar-refractivity contribution in [2.75, 3.05) is 32.2 Å². The molecule has 0 bridgehead atoms. The summed E-state index contributed by atoms with van der Waals surface area (Å²) < 4.78 is 24.5. The second-order valence-corrected chi connectivity index (χ2v) is 8.05. The number of nitrogens with zero attached hydrogens (tertiary/aromatic N) is 1. The van der Waals surface area contributed by atoms with Crippen molar-refractivity contribution in [2.24, 2.45) is 0 Å². The van der Waals surface area contributed by atoms with Gasteiger partial charge in [-0.05, 0) is 42.2 Å². The van der Waals surface area contributed by atoms with E-state index < -0.39 is 17.4 Å². The van der Waals surface area contributed by atoms with E-state index in [0.717, 1.165) is 30.4 Å². The molecule has 1 aliphatic heterocycles. The number of amides is 2. The van der Waals surface area contributed by atoms with Crippen LogP contribution in [0.5, 0.6) is 5.75 Å². The number of unbranched alkanes of at least 4 members (excludes halogenated alkanes) is 2. The van der Waals surface area contributed by atoms with Crippen molar-refractivity contribution in [3.05, 3.63) is 59.4 Å². The van der Waals surface area contributed by atoms with Gasteiger partial charge in [-0.1, -0.05) is 38.0 Å². The van der Waals surface area contributed by atoms with E-state index in [2.05, 4.69) is 12.2 Å². The Morgan fingerprint density at radius 1 is 1.19 bits per heavy atom. The number of ether oxygens (including phenoxy) is 2. The van der Waals surface area contributed by atoms with Crippen molar-refractivity contribution in [3.8, 4) is 5.75 Å². The fourth-order valence-corrected chi connectivity index (χ4v) is 3.92. The highest BCUT2D eigenvalue weighted by atomic mass is 19.1. The number of carbonyl (C=O) groups excluding carboxylic acids is 2. The predicted octanol–water partition coefficient (Wildman–Crippen LogP) is 3.66. The molecule has 0 fully saturated rings. The fraction of sp³-hybridized carbons (Fsp3) is 0.440. The van der Waals surface area contributed by atoms with Crippen LogP contribution in [-0.4, -0.2) is 44.7 Å². The third-order valence-electron chi connectivity index (χ3n) is 5.82. The fourth-order valence-electron chi connectivity index (χ4n) is 3.92. The van der Waals surface area contributed by atoms with Crippen LogP contribution in [0.2, 0.25) is 0 Å². The van der Waals surface area contributed by atoms with Crippen LogP contribution in [0.3, 0.4) is 0 Å². The van der Waals surface area contributed by atoms with Crippen molar-refractivity contribution < 1.29 is 23.5 Å². The second-order valence-electron chi connectivity index (χ2n) is 8.05. The third-order valence-corrected chi connectivity index (χ3v) is 5.82. The van der Waals surface area contributed by atoms with Crippen LogP contribution < -0.4 is 15.0 Å². The van der Waals surface area contributed by atoms with E-state index in [1.807, 2.05) is 12.1 Å². The first-order valence-electron chi connectivity index (χ1n) is 11.0. The van der Waals surface area contributed by atoms with Gasteiger partial charge in [0.1, 0.15) is 11.6 Å². The zero-order valence-corrected chi connectivity index (χ0v) is 18.9. The van der Waals surface area contributed by atoms with Gasteiger partial charge in [0.2, 0.25) is 5.60 Å². The quantitative estimate of drug-likeness (QED) is 0.451. The lowest BCUT2D eigenvalue weighted by Crippen LogP contribution is -2.63. The summed E-state index contributed by atoms with van der Waals surface area (Å²) in [6.07, 6.45) is 3.42. The summed E-state index contributed by atoms with van der Waals surface area (Å²) in [7, 11) is 3.22. The molecule has 2 amide bonds. The standard InChI is InChI=1S/C25H31FN2O4/c1-4-5-6-15-32-25(23(29)27-14-13-18-7-10-20(26)11-8-18)17-19-9-12-21(31-3)16-22(19)28(2)24(25)30/h7-12,16H,4-6,13-15,17H2,1-3H3,(H,27,29). The molecule has 0 aliphatic carbocycles. The van der Waals surface area contributed by atoms with E-state index >= 15 is 0 Å². The molecule has 3 rings (SSSR count). The molecule has 7 heteroatoms. The Hall–Kier alpha value is -2.93. The van der Waals surface area contributed by atoms with Crippen LogP contribution in [0.15, 0.2) is 42.5 Å². The molecule has 2 aromatic carbocycles. The molecule has 0 saturated carbocycles. The highest BCUT2D eigenvalue weighted by Gasteiger charge is 2.52. The van der Waals surface area contributed by atoms with Crippen LogP contribution in [0.1, 0.15) is 37.3 Å². The number of anilines is 1. The van der Waals surface area contributed by atoms with Gasteiger partial charge < -0.3 is 19.7 Å². The van der Waals surface area contributed by atoms with Gasteiger partial charge in [0, 0.05) is 32.7 Å². The first kappa shape index (κ1) is 23.7. The van der Waals surface area contributed by atoms with Crippen LogP contribution in [-0.2, 0) is 27.2 Å². The summed E-state index contributed by atoms with van der Waals surface area (Å²) in [6.45, 7) is 2.72. The zero-order valence-electron chi connectivity index (χ0n) is 18.9. The monoisotopic (exact) mass is 442 g/mol. The molecular formula is C25H31FN2O4. The molecule has 2 aromatic rings. The number of fused-ring (bicyclic) bond motifs is 1. The molecule has 6 nitrogen and oxygen atoms in total. The zero-order chi connectivity index (χ0) is 23.1. The minimum absolute atomic E-state index is 0.157. The summed E-state index contributed by atoms with van der Waals surface area (Å²) >= 11 is 0. The smallest absolute Gasteiger partial charge is 0.269 e. The largest absolute Gasteiger partial charge is 0.497 e. The van der Waals surface area contributed by atoms with Gasteiger partial charge in [-0.2, -0.15) is 0 Å². The first-order valence-corrected chi connectivity index (χ1v) is 11.0. The molecule has 1 N–H and O–H groups in total. The Kier molecular flexibility index (Phi) is 7.85. The summed E-state index contributed by atoms with van der Waals surface area (Å²) in [5.41, 5.74) is 0.833. The number of nitrogens with one attached hydrogen (secondary N) is 1. The van der Waals surface area contributed by atoms with E-state index in [-0.39, 0.29) is 12.2 Å². The maximum Gasteiger partial charge on any atom is 0.269 e. The van der Waals surface area contributed by atoms with Gasteiger partial charge in [0.05, 0.1) is 12.8 Å². The SMILES string of the molecule is CCCCCOC1(C(=O)NCCc2ccc(F)cc2)Cc2ccc(OC)cc2N(C)C1=O. The third kappa shape index (κ3) is 5.10. The van der Waals surface area contributed by atoms with Crippen LogP contribution in [0.25, 0.3) is 0 Å². The molecular weight excluding hydrogens is 411 g/mol. The number of halogens is 1. The Labute approximate surface area is 188 Å². The Bertz CT molecular complexity index is 947. The number of benzene rings is 2. The van der Waals surface area contributed by atoms with Crippen molar-refractivity contribution in [1.29, 1.82) is 0 Å². The normalized spacial score (nSPS) is 17.8. The molecule has 172 valence electrons. The lowest BCUT2D eigenvalue weighted by atomic mass is 9.86. The number of hydrogen-bond donors (Lipinski definition) is 1. The Morgan fingerprint density at radius 2 is 1.94 bits per heavy atom. The van der Waals surface area contributed by atoms with E-state index in [0.29, 0.717) is 31.0 Å². The number of hydrogen-bond acceptors (Lipinski definition) is 4. The van der Waals surface area contributed by atoms with Crippen LogP contribution in [0.4, 0.5) is 10.1 Å². The minimum Gasteiger partial charge on any atom is -0.497 e. The topological polar surface area (TPSA) is 67.9 Å². The second kappa shape index (κ2) is 10.6. The maximum atomic E-state index is 13.4. The Morgan fingerprint density at radius 3 is 2.62 bits per heavy atom. The van der Waals surface area contributed by atoms with Crippen molar-refractivity contribution in [2.45, 2.75) is 44.6 Å². The minimum atomic E-state index is -1.62. The number of likely N-dealkylation sites (N-methyl/N-ethyl adjacent to an activating group) is 1. The highest BCUT2D eigenvalue weighted by molar-refractivity contribution is 6.16. The molecule has 32 heavy (non-hydrogen) atoms. The molecule has 0 saturated heterocycles.